The molecule has 0 aromatic rings. The van der Waals surface area contributed by atoms with Crippen molar-refractivity contribution in [3.8, 4) is 0 Å². The molecule has 1 saturated heterocycles. The number of amides is 1. The van der Waals surface area contributed by atoms with E-state index in [1.807, 2.05) is 0 Å². The molecule has 116 valence electrons. The molecule has 2 aliphatic rings. The minimum Gasteiger partial charge on any atom is -0.379 e. The minimum absolute atomic E-state index is 0.198. The van der Waals surface area contributed by atoms with E-state index in [0.29, 0.717) is 6.42 Å². The Labute approximate surface area is 123 Å². The van der Waals surface area contributed by atoms with Crippen LogP contribution in [-0.4, -0.2) is 49.2 Å². The summed E-state index contributed by atoms with van der Waals surface area (Å²) in [5.41, 5.74) is 0.198. The van der Waals surface area contributed by atoms with Gasteiger partial charge in [-0.25, -0.2) is 0 Å². The van der Waals surface area contributed by atoms with Crippen LogP contribution in [0.3, 0.4) is 0 Å². The van der Waals surface area contributed by atoms with Crippen LogP contribution in [0.2, 0.25) is 0 Å². The zero-order valence-electron chi connectivity index (χ0n) is 13.0. The van der Waals surface area contributed by atoms with Crippen LogP contribution >= 0.6 is 0 Å². The number of carbonyl (C=O) groups is 1. The summed E-state index contributed by atoms with van der Waals surface area (Å²) in [5.74, 6) is 0.227. The second kappa shape index (κ2) is 7.99. The van der Waals surface area contributed by atoms with Crippen LogP contribution in [0, 0.1) is 0 Å². The van der Waals surface area contributed by atoms with Gasteiger partial charge in [-0.3, -0.25) is 9.69 Å². The maximum atomic E-state index is 11.9. The van der Waals surface area contributed by atoms with Crippen molar-refractivity contribution in [3.05, 3.63) is 0 Å². The van der Waals surface area contributed by atoms with Crippen molar-refractivity contribution in [1.29, 1.82) is 0 Å². The van der Waals surface area contributed by atoms with Crippen molar-refractivity contribution in [2.75, 3.05) is 32.8 Å². The molecular formula is C16H30N2O2. The van der Waals surface area contributed by atoms with Gasteiger partial charge in [0.25, 0.3) is 0 Å². The molecule has 1 aliphatic carbocycles. The average molecular weight is 282 g/mol. The van der Waals surface area contributed by atoms with Crippen LogP contribution in [0.1, 0.15) is 58.3 Å². The molecule has 1 heterocycles. The van der Waals surface area contributed by atoms with E-state index in [-0.39, 0.29) is 11.4 Å². The Morgan fingerprint density at radius 1 is 1.20 bits per heavy atom. The highest BCUT2D eigenvalue weighted by molar-refractivity contribution is 5.75. The number of nitrogens with zero attached hydrogens (tertiary/aromatic N) is 1. The third kappa shape index (κ3) is 4.19. The van der Waals surface area contributed by atoms with Gasteiger partial charge in [0, 0.05) is 31.6 Å². The second-order valence-electron chi connectivity index (χ2n) is 6.26. The van der Waals surface area contributed by atoms with Crippen LogP contribution < -0.4 is 5.32 Å². The van der Waals surface area contributed by atoms with E-state index in [2.05, 4.69) is 17.1 Å². The molecule has 1 N–H and O–H groups in total. The molecule has 4 heteroatoms. The molecule has 20 heavy (non-hydrogen) atoms. The Hall–Kier alpha value is -0.610. The predicted octanol–water partition coefficient (Wildman–Crippen LogP) is 2.33. The van der Waals surface area contributed by atoms with Gasteiger partial charge in [-0.05, 0) is 19.3 Å². The van der Waals surface area contributed by atoms with Crippen molar-refractivity contribution in [2.45, 2.75) is 63.8 Å². The Bertz CT molecular complexity index is 295. The van der Waals surface area contributed by atoms with E-state index in [1.165, 1.54) is 32.1 Å². The van der Waals surface area contributed by atoms with Gasteiger partial charge in [0.2, 0.25) is 5.91 Å². The van der Waals surface area contributed by atoms with Crippen LogP contribution in [-0.2, 0) is 9.53 Å². The van der Waals surface area contributed by atoms with Crippen molar-refractivity contribution < 1.29 is 9.53 Å². The smallest absolute Gasteiger partial charge is 0.220 e. The number of nitrogens with one attached hydrogen (secondary N) is 1. The Morgan fingerprint density at radius 3 is 2.55 bits per heavy atom. The first-order valence-corrected chi connectivity index (χ1v) is 8.36. The molecule has 0 aromatic heterocycles. The van der Waals surface area contributed by atoms with Crippen LogP contribution in [0.15, 0.2) is 0 Å². The van der Waals surface area contributed by atoms with Gasteiger partial charge in [0.15, 0.2) is 0 Å². The highest BCUT2D eigenvalue weighted by Crippen LogP contribution is 2.33. The standard InChI is InChI=1S/C16H30N2O2/c1-2-3-7-15(19)17-14-16(8-5-4-6-9-16)18-10-12-20-13-11-18/h2-14H2,1H3,(H,17,19). The fourth-order valence-corrected chi connectivity index (χ4v) is 3.54. The largest absolute Gasteiger partial charge is 0.379 e. The van der Waals surface area contributed by atoms with E-state index < -0.39 is 0 Å². The van der Waals surface area contributed by atoms with Gasteiger partial charge < -0.3 is 10.1 Å². The summed E-state index contributed by atoms with van der Waals surface area (Å²) in [6.07, 6.45) is 9.14. The van der Waals surface area contributed by atoms with Crippen molar-refractivity contribution >= 4 is 5.91 Å². The second-order valence-corrected chi connectivity index (χ2v) is 6.26. The molecule has 0 bridgehead atoms. The molecule has 1 saturated carbocycles. The molecule has 0 atom stereocenters. The summed E-state index contributed by atoms with van der Waals surface area (Å²) >= 11 is 0. The van der Waals surface area contributed by atoms with Crippen LogP contribution in [0.5, 0.6) is 0 Å². The summed E-state index contributed by atoms with van der Waals surface area (Å²) in [6.45, 7) is 6.67. The molecule has 2 rings (SSSR count). The molecular weight excluding hydrogens is 252 g/mol. The fourth-order valence-electron chi connectivity index (χ4n) is 3.54. The molecule has 0 unspecified atom stereocenters. The fraction of sp³-hybridized carbons (Fsp3) is 0.938. The lowest BCUT2D eigenvalue weighted by atomic mass is 9.79. The number of hydrogen-bond acceptors (Lipinski definition) is 3. The van der Waals surface area contributed by atoms with E-state index >= 15 is 0 Å². The quantitative estimate of drug-likeness (QED) is 0.813. The summed E-state index contributed by atoms with van der Waals surface area (Å²) < 4.78 is 5.49. The molecule has 0 aromatic carbocycles. The highest BCUT2D eigenvalue weighted by atomic mass is 16.5. The molecule has 0 spiro atoms. The molecule has 1 amide bonds. The summed E-state index contributed by atoms with van der Waals surface area (Å²) in [7, 11) is 0. The maximum Gasteiger partial charge on any atom is 0.220 e. The number of hydrogen-bond donors (Lipinski definition) is 1. The van der Waals surface area contributed by atoms with E-state index in [0.717, 1.165) is 45.7 Å². The van der Waals surface area contributed by atoms with Crippen molar-refractivity contribution in [2.24, 2.45) is 0 Å². The molecule has 1 aliphatic heterocycles. The summed E-state index contributed by atoms with van der Waals surface area (Å²) in [6, 6.07) is 0. The Kier molecular flexibility index (Phi) is 6.30. The van der Waals surface area contributed by atoms with Gasteiger partial charge in [0.05, 0.1) is 13.2 Å². The van der Waals surface area contributed by atoms with E-state index in [9.17, 15) is 4.79 Å². The molecule has 2 fully saturated rings. The lowest BCUT2D eigenvalue weighted by molar-refractivity contribution is -0.122. The van der Waals surface area contributed by atoms with E-state index in [1.54, 1.807) is 0 Å². The number of unbranched alkanes of at least 4 members (excludes halogenated alkanes) is 1. The third-order valence-corrected chi connectivity index (χ3v) is 4.84. The van der Waals surface area contributed by atoms with Crippen LogP contribution in [0.25, 0.3) is 0 Å². The van der Waals surface area contributed by atoms with E-state index in [4.69, 9.17) is 4.74 Å². The predicted molar refractivity (Wildman–Crippen MR) is 80.7 cm³/mol. The van der Waals surface area contributed by atoms with Gasteiger partial charge in [-0.1, -0.05) is 32.6 Å². The monoisotopic (exact) mass is 282 g/mol. The Morgan fingerprint density at radius 2 is 1.90 bits per heavy atom. The zero-order chi connectivity index (χ0) is 14.3. The number of ether oxygens (including phenoxy) is 1. The molecule has 0 radical (unpaired) electrons. The average Bonchev–Trinajstić information content (AvgIpc) is 2.52. The summed E-state index contributed by atoms with van der Waals surface area (Å²) in [5, 5.41) is 3.20. The van der Waals surface area contributed by atoms with Gasteiger partial charge in [-0.2, -0.15) is 0 Å². The molecule has 4 nitrogen and oxygen atoms in total. The van der Waals surface area contributed by atoms with Crippen LogP contribution in [0.4, 0.5) is 0 Å². The SMILES string of the molecule is CCCCC(=O)NCC1(N2CCOCC2)CCCCC1. The van der Waals surface area contributed by atoms with Gasteiger partial charge >= 0.3 is 0 Å². The zero-order valence-corrected chi connectivity index (χ0v) is 13.0. The third-order valence-electron chi connectivity index (χ3n) is 4.84. The highest BCUT2D eigenvalue weighted by Gasteiger charge is 2.38. The first-order valence-electron chi connectivity index (χ1n) is 8.36. The minimum atomic E-state index is 0.198. The maximum absolute atomic E-state index is 11.9. The van der Waals surface area contributed by atoms with Crippen molar-refractivity contribution in [3.63, 3.8) is 0 Å². The topological polar surface area (TPSA) is 41.6 Å². The number of morpholine rings is 1. The number of carbonyl (C=O) groups excluding carboxylic acids is 1. The Balaban J connectivity index is 1.90. The lowest BCUT2D eigenvalue weighted by Crippen LogP contribution is -2.59. The van der Waals surface area contributed by atoms with Gasteiger partial charge in [-0.15, -0.1) is 0 Å². The number of rotatable bonds is 6. The first-order chi connectivity index (χ1) is 9.77. The van der Waals surface area contributed by atoms with Crippen molar-refractivity contribution in [1.82, 2.24) is 10.2 Å². The first kappa shape index (κ1) is 15.8. The lowest BCUT2D eigenvalue weighted by Gasteiger charge is -2.48. The van der Waals surface area contributed by atoms with Gasteiger partial charge in [0.1, 0.15) is 0 Å². The summed E-state index contributed by atoms with van der Waals surface area (Å²) in [4.78, 5) is 14.5. The normalized spacial score (nSPS) is 23.4.